The van der Waals surface area contributed by atoms with Gasteiger partial charge in [0.15, 0.2) is 17.5 Å². The number of likely N-dealkylation sites (tertiary alicyclic amines) is 1. The molecule has 0 aliphatic carbocycles. The van der Waals surface area contributed by atoms with Crippen molar-refractivity contribution in [3.63, 3.8) is 0 Å². The summed E-state index contributed by atoms with van der Waals surface area (Å²) in [7, 11) is 3.43. The Morgan fingerprint density at radius 2 is 1.96 bits per heavy atom. The minimum absolute atomic E-state index is 0. The number of hydrogen-bond donors (Lipinski definition) is 2. The highest BCUT2D eigenvalue weighted by atomic mass is 127. The van der Waals surface area contributed by atoms with Gasteiger partial charge < -0.3 is 25.0 Å². The van der Waals surface area contributed by atoms with Crippen LogP contribution in [0.2, 0.25) is 0 Å². The maximum absolute atomic E-state index is 5.62. The van der Waals surface area contributed by atoms with Crippen LogP contribution >= 0.6 is 24.0 Å². The van der Waals surface area contributed by atoms with E-state index in [0.29, 0.717) is 6.61 Å². The van der Waals surface area contributed by atoms with Crippen LogP contribution in [-0.2, 0) is 0 Å². The number of hydrogen-bond acceptors (Lipinski definition) is 4. The zero-order valence-corrected chi connectivity index (χ0v) is 18.5. The van der Waals surface area contributed by atoms with E-state index in [4.69, 9.17) is 9.47 Å². The number of ether oxygens (including phenoxy) is 2. The van der Waals surface area contributed by atoms with Gasteiger partial charge in [-0.1, -0.05) is 0 Å². The van der Waals surface area contributed by atoms with E-state index in [-0.39, 0.29) is 24.0 Å². The van der Waals surface area contributed by atoms with E-state index in [1.165, 1.54) is 38.9 Å². The SMILES string of the molecule is CCOc1cc(NC(=NC)NCCCCN2CCCC2)ccc1OC.I. The molecule has 2 rings (SSSR count). The summed E-state index contributed by atoms with van der Waals surface area (Å²) in [4.78, 5) is 6.84. The Labute approximate surface area is 174 Å². The molecule has 1 heterocycles. The van der Waals surface area contributed by atoms with Gasteiger partial charge in [-0.15, -0.1) is 24.0 Å². The zero-order valence-electron chi connectivity index (χ0n) is 16.2. The van der Waals surface area contributed by atoms with E-state index < -0.39 is 0 Å². The number of rotatable bonds is 9. The van der Waals surface area contributed by atoms with Gasteiger partial charge in [0, 0.05) is 25.3 Å². The molecule has 7 heteroatoms. The van der Waals surface area contributed by atoms with E-state index in [2.05, 4.69) is 20.5 Å². The number of nitrogens with zero attached hydrogens (tertiary/aromatic N) is 2. The summed E-state index contributed by atoms with van der Waals surface area (Å²) in [6.45, 7) is 7.24. The lowest BCUT2D eigenvalue weighted by Crippen LogP contribution is -2.32. The van der Waals surface area contributed by atoms with Gasteiger partial charge in [0.1, 0.15) is 0 Å². The Morgan fingerprint density at radius 3 is 2.62 bits per heavy atom. The molecule has 0 saturated carbocycles. The molecule has 1 fully saturated rings. The number of benzene rings is 1. The van der Waals surface area contributed by atoms with Crippen molar-refractivity contribution in [1.29, 1.82) is 0 Å². The summed E-state index contributed by atoms with van der Waals surface area (Å²) >= 11 is 0. The molecular formula is C19H33IN4O2. The molecule has 1 aliphatic heterocycles. The first-order chi connectivity index (χ1) is 12.3. The number of methoxy groups -OCH3 is 1. The molecule has 0 atom stereocenters. The van der Waals surface area contributed by atoms with Crippen LogP contribution in [0.4, 0.5) is 5.69 Å². The van der Waals surface area contributed by atoms with Crippen LogP contribution in [0.25, 0.3) is 0 Å². The van der Waals surface area contributed by atoms with Gasteiger partial charge in [0.2, 0.25) is 0 Å². The van der Waals surface area contributed by atoms with Crippen molar-refractivity contribution in [1.82, 2.24) is 10.2 Å². The van der Waals surface area contributed by atoms with Crippen LogP contribution < -0.4 is 20.1 Å². The maximum atomic E-state index is 5.62. The van der Waals surface area contributed by atoms with Gasteiger partial charge in [0.25, 0.3) is 0 Å². The van der Waals surface area contributed by atoms with E-state index in [1.54, 1.807) is 14.2 Å². The number of anilines is 1. The Hall–Kier alpha value is -1.22. The molecule has 6 nitrogen and oxygen atoms in total. The fraction of sp³-hybridized carbons (Fsp3) is 0.632. The number of aliphatic imine (C=N–C) groups is 1. The first kappa shape index (κ1) is 22.8. The molecule has 0 aromatic heterocycles. The van der Waals surface area contributed by atoms with Gasteiger partial charge in [-0.05, 0) is 64.4 Å². The van der Waals surface area contributed by atoms with Gasteiger partial charge in [-0.3, -0.25) is 4.99 Å². The van der Waals surface area contributed by atoms with E-state index in [0.717, 1.165) is 36.1 Å². The highest BCUT2D eigenvalue weighted by Crippen LogP contribution is 2.30. The summed E-state index contributed by atoms with van der Waals surface area (Å²) in [5.41, 5.74) is 0.925. The van der Waals surface area contributed by atoms with Gasteiger partial charge in [-0.2, -0.15) is 0 Å². The second-order valence-electron chi connectivity index (χ2n) is 6.18. The van der Waals surface area contributed by atoms with Crippen molar-refractivity contribution in [3.8, 4) is 11.5 Å². The normalized spacial score (nSPS) is 14.7. The van der Waals surface area contributed by atoms with Crippen LogP contribution in [0.1, 0.15) is 32.6 Å². The second-order valence-corrected chi connectivity index (χ2v) is 6.18. The smallest absolute Gasteiger partial charge is 0.195 e. The number of halogens is 1. The fourth-order valence-electron chi connectivity index (χ4n) is 3.01. The predicted molar refractivity (Wildman–Crippen MR) is 119 cm³/mol. The number of guanidine groups is 1. The first-order valence-electron chi connectivity index (χ1n) is 9.27. The number of unbranched alkanes of at least 4 members (excludes halogenated alkanes) is 1. The molecular weight excluding hydrogens is 443 g/mol. The van der Waals surface area contributed by atoms with Crippen molar-refractivity contribution >= 4 is 35.6 Å². The second kappa shape index (κ2) is 13.0. The third-order valence-corrected chi connectivity index (χ3v) is 4.34. The highest BCUT2D eigenvalue weighted by molar-refractivity contribution is 14.0. The van der Waals surface area contributed by atoms with Crippen molar-refractivity contribution in [3.05, 3.63) is 18.2 Å². The summed E-state index contributed by atoms with van der Waals surface area (Å²) in [5, 5.41) is 6.68. The van der Waals surface area contributed by atoms with Crippen molar-refractivity contribution in [2.24, 2.45) is 4.99 Å². The minimum Gasteiger partial charge on any atom is -0.493 e. The topological polar surface area (TPSA) is 58.1 Å². The summed E-state index contributed by atoms with van der Waals surface area (Å²) in [5.74, 6) is 2.24. The molecule has 1 saturated heterocycles. The van der Waals surface area contributed by atoms with Crippen LogP contribution in [0, 0.1) is 0 Å². The molecule has 1 aromatic rings. The molecule has 0 unspecified atom stereocenters. The molecule has 1 aliphatic rings. The van der Waals surface area contributed by atoms with Crippen LogP contribution in [0.5, 0.6) is 11.5 Å². The lowest BCUT2D eigenvalue weighted by atomic mass is 10.2. The molecule has 1 aromatic carbocycles. The third-order valence-electron chi connectivity index (χ3n) is 4.34. The fourth-order valence-corrected chi connectivity index (χ4v) is 3.01. The minimum atomic E-state index is 0. The van der Waals surface area contributed by atoms with Crippen LogP contribution in [-0.4, -0.2) is 57.8 Å². The first-order valence-corrected chi connectivity index (χ1v) is 9.27. The average molecular weight is 476 g/mol. The van der Waals surface area contributed by atoms with E-state index >= 15 is 0 Å². The molecule has 0 bridgehead atoms. The monoisotopic (exact) mass is 476 g/mol. The Balaban J connectivity index is 0.00000338. The summed E-state index contributed by atoms with van der Waals surface area (Å²) in [6, 6.07) is 5.79. The highest BCUT2D eigenvalue weighted by Gasteiger charge is 2.10. The molecule has 0 spiro atoms. The van der Waals surface area contributed by atoms with Crippen molar-refractivity contribution < 1.29 is 9.47 Å². The van der Waals surface area contributed by atoms with Crippen LogP contribution in [0.15, 0.2) is 23.2 Å². The van der Waals surface area contributed by atoms with Crippen molar-refractivity contribution in [2.75, 3.05) is 52.3 Å². The lowest BCUT2D eigenvalue weighted by Gasteiger charge is -2.16. The maximum Gasteiger partial charge on any atom is 0.195 e. The predicted octanol–water partition coefficient (Wildman–Crippen LogP) is 3.58. The third kappa shape index (κ3) is 7.57. The molecule has 0 amide bonds. The molecule has 26 heavy (non-hydrogen) atoms. The van der Waals surface area contributed by atoms with Crippen molar-refractivity contribution in [2.45, 2.75) is 32.6 Å². The van der Waals surface area contributed by atoms with Crippen LogP contribution in [0.3, 0.4) is 0 Å². The molecule has 0 radical (unpaired) electrons. The quantitative estimate of drug-likeness (QED) is 0.247. The number of nitrogens with one attached hydrogen (secondary N) is 2. The van der Waals surface area contributed by atoms with E-state index in [9.17, 15) is 0 Å². The zero-order chi connectivity index (χ0) is 17.9. The molecule has 2 N–H and O–H groups in total. The lowest BCUT2D eigenvalue weighted by molar-refractivity contribution is 0.311. The van der Waals surface area contributed by atoms with Gasteiger partial charge in [-0.25, -0.2) is 0 Å². The Kier molecular flexibility index (Phi) is 11.4. The molecule has 148 valence electrons. The average Bonchev–Trinajstić information content (AvgIpc) is 3.14. The van der Waals surface area contributed by atoms with Gasteiger partial charge in [0.05, 0.1) is 13.7 Å². The summed E-state index contributed by atoms with van der Waals surface area (Å²) in [6.07, 6.45) is 5.09. The van der Waals surface area contributed by atoms with E-state index in [1.807, 2.05) is 25.1 Å². The summed E-state index contributed by atoms with van der Waals surface area (Å²) < 4.78 is 10.9. The Bertz CT molecular complexity index is 548. The standard InChI is InChI=1S/C19H32N4O2.HI/c1-4-25-18-15-16(9-10-17(18)24-3)22-19(20-2)21-11-5-6-12-23-13-7-8-14-23;/h9-10,15H,4-8,11-14H2,1-3H3,(H2,20,21,22);1H. The Morgan fingerprint density at radius 1 is 1.19 bits per heavy atom. The van der Waals surface area contributed by atoms with Gasteiger partial charge >= 0.3 is 0 Å². The largest absolute Gasteiger partial charge is 0.493 e.